The first-order valence-electron chi connectivity index (χ1n) is 9.35. The minimum absolute atomic E-state index is 0.0197. The molecule has 1 N–H and O–H groups in total. The van der Waals surface area contributed by atoms with Crippen molar-refractivity contribution in [3.05, 3.63) is 70.8 Å². The molecule has 0 spiro atoms. The number of rotatable bonds is 5. The summed E-state index contributed by atoms with van der Waals surface area (Å²) in [6.45, 7) is 1.78. The number of carbonyl (C=O) groups is 1. The number of carboxylic acids is 1. The lowest BCUT2D eigenvalue weighted by atomic mass is 9.82. The van der Waals surface area contributed by atoms with Crippen LogP contribution >= 0.6 is 0 Å². The van der Waals surface area contributed by atoms with Crippen LogP contribution in [0.2, 0.25) is 0 Å². The summed E-state index contributed by atoms with van der Waals surface area (Å²) in [6.07, 6.45) is -3.74. The van der Waals surface area contributed by atoms with E-state index in [1.54, 1.807) is 18.2 Å². The van der Waals surface area contributed by atoms with Gasteiger partial charge in [-0.05, 0) is 53.6 Å². The molecule has 152 valence electrons. The van der Waals surface area contributed by atoms with Crippen LogP contribution in [0.3, 0.4) is 0 Å². The predicted molar refractivity (Wildman–Crippen MR) is 101 cm³/mol. The van der Waals surface area contributed by atoms with E-state index in [2.05, 4.69) is 11.0 Å². The molecule has 2 aromatic carbocycles. The second kappa shape index (κ2) is 8.66. The van der Waals surface area contributed by atoms with Crippen molar-refractivity contribution in [2.24, 2.45) is 5.92 Å². The number of nitrogens with zero attached hydrogens (tertiary/aromatic N) is 2. The number of nitriles is 1. The van der Waals surface area contributed by atoms with Crippen LogP contribution in [-0.2, 0) is 17.5 Å². The molecule has 3 rings (SSSR count). The predicted octanol–water partition coefficient (Wildman–Crippen LogP) is 4.66. The van der Waals surface area contributed by atoms with Crippen LogP contribution in [0.1, 0.15) is 41.0 Å². The van der Waals surface area contributed by atoms with Crippen LogP contribution in [0.25, 0.3) is 0 Å². The Balaban J connectivity index is 1.79. The van der Waals surface area contributed by atoms with Gasteiger partial charge in [0, 0.05) is 26.1 Å². The molecular formula is C22H21F3N2O2. The van der Waals surface area contributed by atoms with E-state index in [4.69, 9.17) is 5.26 Å². The Bertz CT molecular complexity index is 904. The number of hydrogen-bond donors (Lipinski definition) is 1. The Labute approximate surface area is 167 Å². The zero-order valence-electron chi connectivity index (χ0n) is 15.7. The van der Waals surface area contributed by atoms with E-state index in [0.717, 1.165) is 23.3 Å². The molecule has 0 bridgehead atoms. The molecule has 0 aliphatic carbocycles. The quantitative estimate of drug-likeness (QED) is 0.790. The monoisotopic (exact) mass is 402 g/mol. The Morgan fingerprint density at radius 3 is 2.52 bits per heavy atom. The van der Waals surface area contributed by atoms with Gasteiger partial charge in [0.05, 0.1) is 17.2 Å². The lowest BCUT2D eigenvalue weighted by Crippen LogP contribution is -2.39. The van der Waals surface area contributed by atoms with E-state index >= 15 is 0 Å². The van der Waals surface area contributed by atoms with Gasteiger partial charge in [0.1, 0.15) is 0 Å². The zero-order chi connectivity index (χ0) is 21.0. The minimum Gasteiger partial charge on any atom is -0.481 e. The normalized spacial score (nSPS) is 20.2. The van der Waals surface area contributed by atoms with Crippen molar-refractivity contribution in [3.8, 4) is 6.07 Å². The van der Waals surface area contributed by atoms with E-state index in [0.29, 0.717) is 31.6 Å². The molecule has 1 aliphatic heterocycles. The van der Waals surface area contributed by atoms with Gasteiger partial charge in [-0.1, -0.05) is 24.3 Å². The van der Waals surface area contributed by atoms with Gasteiger partial charge in [-0.3, -0.25) is 9.69 Å². The summed E-state index contributed by atoms with van der Waals surface area (Å²) in [5.74, 6) is -1.02. The van der Waals surface area contributed by atoms with Crippen molar-refractivity contribution in [1.29, 1.82) is 5.26 Å². The number of hydrogen-bond acceptors (Lipinski definition) is 3. The summed E-state index contributed by atoms with van der Waals surface area (Å²) in [4.78, 5) is 13.4. The van der Waals surface area contributed by atoms with E-state index in [-0.39, 0.29) is 18.3 Å². The molecular weight excluding hydrogens is 381 g/mol. The number of likely N-dealkylation sites (tertiary alicyclic amines) is 1. The number of aliphatic carboxylic acids is 1. The Morgan fingerprint density at radius 2 is 1.90 bits per heavy atom. The van der Waals surface area contributed by atoms with Gasteiger partial charge in [0.15, 0.2) is 0 Å². The van der Waals surface area contributed by atoms with Crippen molar-refractivity contribution < 1.29 is 23.1 Å². The number of piperidine rings is 1. The molecule has 1 fully saturated rings. The minimum atomic E-state index is -4.38. The lowest BCUT2D eigenvalue weighted by Gasteiger charge is -2.38. The number of alkyl halides is 3. The maximum absolute atomic E-state index is 12.8. The molecule has 1 heterocycles. The van der Waals surface area contributed by atoms with E-state index in [9.17, 15) is 23.1 Å². The highest BCUT2D eigenvalue weighted by molar-refractivity contribution is 5.67. The number of halogens is 3. The van der Waals surface area contributed by atoms with Crippen molar-refractivity contribution in [2.75, 3.05) is 13.1 Å². The summed E-state index contributed by atoms with van der Waals surface area (Å²) < 4.78 is 38.5. The second-order valence-corrected chi connectivity index (χ2v) is 7.52. The van der Waals surface area contributed by atoms with Crippen molar-refractivity contribution in [2.45, 2.75) is 31.5 Å². The fourth-order valence-electron chi connectivity index (χ4n) is 4.01. The summed E-state index contributed by atoms with van der Waals surface area (Å²) in [5, 5.41) is 18.3. The van der Waals surface area contributed by atoms with Crippen LogP contribution < -0.4 is 0 Å². The molecule has 4 nitrogen and oxygen atoms in total. The zero-order valence-corrected chi connectivity index (χ0v) is 15.7. The van der Waals surface area contributed by atoms with Crippen LogP contribution in [0.15, 0.2) is 48.5 Å². The Morgan fingerprint density at radius 1 is 1.17 bits per heavy atom. The van der Waals surface area contributed by atoms with Gasteiger partial charge in [-0.2, -0.15) is 18.4 Å². The molecule has 0 unspecified atom stereocenters. The standard InChI is InChI=1S/C22H21F3N2O2/c23-22(24,25)20-6-4-18(5-7-20)19-9-17(10-21(28)29)13-27(14-19)12-16-3-1-2-15(8-16)11-26/h1-8,17,19H,9-10,12-14H2,(H,28,29)/t17-,19+/m1/s1. The first-order valence-corrected chi connectivity index (χ1v) is 9.35. The van der Waals surface area contributed by atoms with Crippen molar-refractivity contribution in [3.63, 3.8) is 0 Å². The van der Waals surface area contributed by atoms with Gasteiger partial charge < -0.3 is 5.11 Å². The fourth-order valence-corrected chi connectivity index (χ4v) is 4.01. The number of carboxylic acid groups (broad SMARTS) is 1. The van der Waals surface area contributed by atoms with Crippen LogP contribution in [0.4, 0.5) is 13.2 Å². The lowest BCUT2D eigenvalue weighted by molar-refractivity contribution is -0.139. The topological polar surface area (TPSA) is 64.3 Å². The molecule has 2 atom stereocenters. The summed E-state index contributed by atoms with van der Waals surface area (Å²) in [6, 6.07) is 14.5. The smallest absolute Gasteiger partial charge is 0.416 e. The Hall–Kier alpha value is -2.85. The highest BCUT2D eigenvalue weighted by Gasteiger charge is 2.32. The summed E-state index contributed by atoms with van der Waals surface area (Å²) in [5.41, 5.74) is 1.60. The van der Waals surface area contributed by atoms with E-state index in [1.165, 1.54) is 12.1 Å². The summed E-state index contributed by atoms with van der Waals surface area (Å²) >= 11 is 0. The molecule has 2 aromatic rings. The van der Waals surface area contributed by atoms with Gasteiger partial charge in [0.25, 0.3) is 0 Å². The summed E-state index contributed by atoms with van der Waals surface area (Å²) in [7, 11) is 0. The van der Waals surface area contributed by atoms with Gasteiger partial charge in [-0.25, -0.2) is 0 Å². The van der Waals surface area contributed by atoms with Crippen molar-refractivity contribution in [1.82, 2.24) is 4.90 Å². The number of benzene rings is 2. The largest absolute Gasteiger partial charge is 0.481 e. The van der Waals surface area contributed by atoms with Crippen LogP contribution in [0.5, 0.6) is 0 Å². The highest BCUT2D eigenvalue weighted by atomic mass is 19.4. The maximum Gasteiger partial charge on any atom is 0.416 e. The average molecular weight is 402 g/mol. The SMILES string of the molecule is N#Cc1cccc(CN2C[C@@H](CC(=O)O)C[C@H](c3ccc(C(F)(F)F)cc3)C2)c1. The van der Waals surface area contributed by atoms with Crippen LogP contribution in [0, 0.1) is 17.2 Å². The molecule has 0 radical (unpaired) electrons. The second-order valence-electron chi connectivity index (χ2n) is 7.52. The molecule has 0 amide bonds. The fraction of sp³-hybridized carbons (Fsp3) is 0.364. The highest BCUT2D eigenvalue weighted by Crippen LogP contribution is 2.35. The third-order valence-electron chi connectivity index (χ3n) is 5.25. The molecule has 0 aromatic heterocycles. The first-order chi connectivity index (χ1) is 13.7. The van der Waals surface area contributed by atoms with Crippen molar-refractivity contribution >= 4 is 5.97 Å². The third-order valence-corrected chi connectivity index (χ3v) is 5.25. The van der Waals surface area contributed by atoms with Gasteiger partial charge >= 0.3 is 12.1 Å². The maximum atomic E-state index is 12.8. The molecule has 7 heteroatoms. The molecule has 1 aliphatic rings. The van der Waals surface area contributed by atoms with Gasteiger partial charge in [-0.15, -0.1) is 0 Å². The average Bonchev–Trinajstić information content (AvgIpc) is 2.67. The molecule has 29 heavy (non-hydrogen) atoms. The van der Waals surface area contributed by atoms with Gasteiger partial charge in [0.2, 0.25) is 0 Å². The van der Waals surface area contributed by atoms with E-state index in [1.807, 2.05) is 6.07 Å². The third kappa shape index (κ3) is 5.58. The Kier molecular flexibility index (Phi) is 6.23. The molecule has 1 saturated heterocycles. The van der Waals surface area contributed by atoms with Crippen LogP contribution in [-0.4, -0.2) is 29.1 Å². The van der Waals surface area contributed by atoms with E-state index < -0.39 is 17.7 Å². The molecule has 0 saturated carbocycles. The first kappa shape index (κ1) is 20.9.